The van der Waals surface area contributed by atoms with Crippen LogP contribution in [0, 0.1) is 0 Å². The van der Waals surface area contributed by atoms with E-state index in [4.69, 9.17) is 24.9 Å². The normalized spacial score (nSPS) is 11.3. The number of para-hydroxylation sites is 6. The topological polar surface area (TPSA) is 74.3 Å². The molecule has 3 aromatic heterocycles. The summed E-state index contributed by atoms with van der Waals surface area (Å²) in [5.74, 6) is 3.38. The summed E-state index contributed by atoms with van der Waals surface area (Å²) in [6.45, 7) is 0. The highest BCUT2D eigenvalue weighted by Gasteiger charge is 2.19. The van der Waals surface area contributed by atoms with Crippen molar-refractivity contribution in [3.63, 3.8) is 0 Å². The molecule has 0 bridgehead atoms. The quantitative estimate of drug-likeness (QED) is 0.154. The molecular weight excluding hydrogens is 735 g/mol. The van der Waals surface area contributed by atoms with Gasteiger partial charge in [0.15, 0.2) is 17.5 Å². The molecule has 8 aromatic carbocycles. The standard InChI is InChI=1S/C53H35N7/c1-4-16-36(17-5-1)37-30-32-38(33-31-37)49-56-50(39-18-14-20-41(34-39)52-54-45-26-10-12-28-47(45)59(52)43-22-6-2-7-23-43)58-51(57-49)40-19-15-21-42(35-40)53-55-46-27-11-13-29-48(46)60(53)44-24-8-3-9-25-44/h1-35H. The number of benzene rings is 8. The predicted octanol–water partition coefficient (Wildman–Crippen LogP) is 12.6. The van der Waals surface area contributed by atoms with Crippen molar-refractivity contribution in [3.8, 4) is 79.4 Å². The first-order valence-electron chi connectivity index (χ1n) is 19.9. The number of aromatic nitrogens is 7. The third-order valence-corrected chi connectivity index (χ3v) is 10.8. The molecule has 0 saturated heterocycles. The second-order valence-corrected chi connectivity index (χ2v) is 14.6. The van der Waals surface area contributed by atoms with Crippen molar-refractivity contribution >= 4 is 22.1 Å². The molecule has 0 saturated carbocycles. The van der Waals surface area contributed by atoms with Crippen LogP contribution in [0.4, 0.5) is 0 Å². The molecule has 0 aliphatic heterocycles. The molecule has 0 atom stereocenters. The molecule has 0 aliphatic rings. The van der Waals surface area contributed by atoms with E-state index in [1.807, 2.05) is 42.5 Å². The Morgan fingerprint density at radius 1 is 0.250 bits per heavy atom. The lowest BCUT2D eigenvalue weighted by Crippen LogP contribution is -2.01. The summed E-state index contributed by atoms with van der Waals surface area (Å²) in [5, 5.41) is 0. The minimum atomic E-state index is 0.563. The van der Waals surface area contributed by atoms with Crippen molar-refractivity contribution in [2.75, 3.05) is 0 Å². The van der Waals surface area contributed by atoms with Crippen LogP contribution in [0.2, 0.25) is 0 Å². The molecule has 7 heteroatoms. The molecule has 0 aliphatic carbocycles. The van der Waals surface area contributed by atoms with Crippen LogP contribution in [-0.2, 0) is 0 Å². The lowest BCUT2D eigenvalue weighted by molar-refractivity contribution is 1.07. The number of rotatable bonds is 8. The van der Waals surface area contributed by atoms with Crippen molar-refractivity contribution in [2.24, 2.45) is 0 Å². The van der Waals surface area contributed by atoms with E-state index in [0.29, 0.717) is 17.5 Å². The predicted molar refractivity (Wildman–Crippen MR) is 242 cm³/mol. The SMILES string of the molecule is c1ccc(-c2ccc(-c3nc(-c4cccc(-c5nc6ccccc6n5-c5ccccc5)c4)nc(-c4cccc(-c5nc6ccccc6n5-c5ccccc5)c4)n3)cc2)cc1. The summed E-state index contributed by atoms with van der Waals surface area (Å²) >= 11 is 0. The van der Waals surface area contributed by atoms with Crippen LogP contribution in [0.25, 0.3) is 102 Å². The summed E-state index contributed by atoms with van der Waals surface area (Å²) in [5.41, 5.74) is 12.8. The van der Waals surface area contributed by atoms with Gasteiger partial charge in [-0.3, -0.25) is 9.13 Å². The number of nitrogens with zero attached hydrogens (tertiary/aromatic N) is 7. The first-order valence-corrected chi connectivity index (χ1v) is 19.9. The van der Waals surface area contributed by atoms with Gasteiger partial charge in [0.1, 0.15) is 11.6 Å². The van der Waals surface area contributed by atoms with E-state index >= 15 is 0 Å². The highest BCUT2D eigenvalue weighted by atomic mass is 15.1. The van der Waals surface area contributed by atoms with Crippen molar-refractivity contribution in [2.45, 2.75) is 0 Å². The largest absolute Gasteiger partial charge is 0.292 e. The third-order valence-electron chi connectivity index (χ3n) is 10.8. The fourth-order valence-electron chi connectivity index (χ4n) is 7.92. The molecule has 0 spiro atoms. The second kappa shape index (κ2) is 14.9. The molecule has 0 fully saturated rings. The van der Waals surface area contributed by atoms with E-state index in [1.165, 1.54) is 0 Å². The van der Waals surface area contributed by atoms with Gasteiger partial charge >= 0.3 is 0 Å². The van der Waals surface area contributed by atoms with E-state index in [-0.39, 0.29) is 0 Å². The summed E-state index contributed by atoms with van der Waals surface area (Å²) < 4.78 is 4.42. The molecule has 0 N–H and O–H groups in total. The Bertz CT molecular complexity index is 3120. The minimum absolute atomic E-state index is 0.563. The lowest BCUT2D eigenvalue weighted by atomic mass is 10.0. The van der Waals surface area contributed by atoms with Crippen molar-refractivity contribution < 1.29 is 0 Å². The van der Waals surface area contributed by atoms with Crippen LogP contribution < -0.4 is 0 Å². The van der Waals surface area contributed by atoms with Gasteiger partial charge < -0.3 is 0 Å². The molecule has 3 heterocycles. The first-order chi connectivity index (χ1) is 29.7. The molecule has 11 rings (SSSR count). The van der Waals surface area contributed by atoms with Gasteiger partial charge in [0.2, 0.25) is 0 Å². The summed E-state index contributed by atoms with van der Waals surface area (Å²) in [4.78, 5) is 25.8. The molecule has 0 radical (unpaired) electrons. The van der Waals surface area contributed by atoms with Crippen LogP contribution in [0.3, 0.4) is 0 Å². The monoisotopic (exact) mass is 769 g/mol. The third kappa shape index (κ3) is 6.40. The smallest absolute Gasteiger partial charge is 0.164 e. The Labute approximate surface area is 346 Å². The molecule has 7 nitrogen and oxygen atoms in total. The van der Waals surface area contributed by atoms with Gasteiger partial charge in [0, 0.05) is 39.2 Å². The van der Waals surface area contributed by atoms with Crippen molar-refractivity contribution in [3.05, 3.63) is 212 Å². The first kappa shape index (κ1) is 34.9. The van der Waals surface area contributed by atoms with E-state index in [2.05, 4.69) is 179 Å². The summed E-state index contributed by atoms with van der Waals surface area (Å²) in [7, 11) is 0. The van der Waals surface area contributed by atoms with Gasteiger partial charge in [0.25, 0.3) is 0 Å². The van der Waals surface area contributed by atoms with Crippen molar-refractivity contribution in [1.29, 1.82) is 0 Å². The zero-order valence-electron chi connectivity index (χ0n) is 32.3. The fourth-order valence-corrected chi connectivity index (χ4v) is 7.92. The lowest BCUT2D eigenvalue weighted by Gasteiger charge is -2.12. The van der Waals surface area contributed by atoms with Crippen LogP contribution in [0.1, 0.15) is 0 Å². The summed E-state index contributed by atoms with van der Waals surface area (Å²) in [6, 6.07) is 72.6. The Kier molecular flexibility index (Phi) is 8.67. The Balaban J connectivity index is 1.07. The number of fused-ring (bicyclic) bond motifs is 2. The van der Waals surface area contributed by atoms with Crippen molar-refractivity contribution in [1.82, 2.24) is 34.1 Å². The van der Waals surface area contributed by atoms with E-state index in [0.717, 1.165) is 84.0 Å². The van der Waals surface area contributed by atoms with Gasteiger partial charge in [-0.05, 0) is 71.8 Å². The zero-order chi connectivity index (χ0) is 39.8. The maximum atomic E-state index is 5.20. The van der Waals surface area contributed by atoms with Crippen LogP contribution in [-0.4, -0.2) is 34.1 Å². The molecular formula is C53H35N7. The van der Waals surface area contributed by atoms with E-state index in [1.54, 1.807) is 0 Å². The molecule has 0 unspecified atom stereocenters. The van der Waals surface area contributed by atoms with Gasteiger partial charge in [-0.2, -0.15) is 0 Å². The maximum Gasteiger partial charge on any atom is 0.164 e. The minimum Gasteiger partial charge on any atom is -0.292 e. The van der Waals surface area contributed by atoms with Gasteiger partial charge in [-0.15, -0.1) is 0 Å². The molecule has 11 aromatic rings. The fraction of sp³-hybridized carbons (Fsp3) is 0. The highest BCUT2D eigenvalue weighted by Crippen LogP contribution is 2.34. The second-order valence-electron chi connectivity index (χ2n) is 14.6. The number of hydrogen-bond donors (Lipinski definition) is 0. The molecule has 0 amide bonds. The maximum absolute atomic E-state index is 5.20. The Morgan fingerprint density at radius 2 is 0.600 bits per heavy atom. The van der Waals surface area contributed by atoms with Gasteiger partial charge in [0.05, 0.1) is 22.1 Å². The van der Waals surface area contributed by atoms with Gasteiger partial charge in [-0.1, -0.05) is 152 Å². The molecule has 60 heavy (non-hydrogen) atoms. The van der Waals surface area contributed by atoms with Gasteiger partial charge in [-0.25, -0.2) is 24.9 Å². The van der Waals surface area contributed by atoms with E-state index < -0.39 is 0 Å². The Morgan fingerprint density at radius 3 is 1.08 bits per heavy atom. The average molecular weight is 770 g/mol. The van der Waals surface area contributed by atoms with E-state index in [9.17, 15) is 0 Å². The molecule has 282 valence electrons. The Hall–Kier alpha value is -8.29. The van der Waals surface area contributed by atoms with Crippen LogP contribution in [0.5, 0.6) is 0 Å². The number of hydrogen-bond acceptors (Lipinski definition) is 5. The van der Waals surface area contributed by atoms with Crippen LogP contribution >= 0.6 is 0 Å². The zero-order valence-corrected chi connectivity index (χ0v) is 32.3. The highest BCUT2D eigenvalue weighted by molar-refractivity contribution is 5.86. The number of imidazole rings is 2. The average Bonchev–Trinajstić information content (AvgIpc) is 3.92. The summed E-state index contributed by atoms with van der Waals surface area (Å²) in [6.07, 6.45) is 0. The van der Waals surface area contributed by atoms with Crippen LogP contribution in [0.15, 0.2) is 212 Å².